The standard InChI is InChI=1S/C18H23N5O2/c1-12(2)23-16-11-19-22(18(16)13(3)21-23)10-9-17(24)20-14-5-7-15(25-4)8-6-14/h5-8,11-12H,9-10H2,1-4H3,(H,20,24). The first-order chi connectivity index (χ1) is 12.0. The highest BCUT2D eigenvalue weighted by molar-refractivity contribution is 5.90. The molecule has 0 atom stereocenters. The van der Waals surface area contributed by atoms with Crippen molar-refractivity contribution in [2.75, 3.05) is 12.4 Å². The molecule has 3 rings (SSSR count). The van der Waals surface area contributed by atoms with Gasteiger partial charge in [0.25, 0.3) is 0 Å². The predicted octanol–water partition coefficient (Wildman–Crippen LogP) is 3.16. The van der Waals surface area contributed by atoms with Crippen LogP contribution in [0.5, 0.6) is 5.75 Å². The largest absolute Gasteiger partial charge is 0.497 e. The maximum Gasteiger partial charge on any atom is 0.226 e. The molecule has 0 unspecified atom stereocenters. The first kappa shape index (κ1) is 17.0. The lowest BCUT2D eigenvalue weighted by Gasteiger charge is -2.07. The minimum atomic E-state index is -0.0530. The summed E-state index contributed by atoms with van der Waals surface area (Å²) < 4.78 is 8.92. The summed E-state index contributed by atoms with van der Waals surface area (Å²) in [5.74, 6) is 0.706. The number of methoxy groups -OCH3 is 1. The number of rotatable bonds is 6. The summed E-state index contributed by atoms with van der Waals surface area (Å²) in [5.41, 5.74) is 3.67. The number of carbonyl (C=O) groups is 1. The molecule has 0 bridgehead atoms. The summed E-state index contributed by atoms with van der Waals surface area (Å²) in [6.07, 6.45) is 2.16. The quantitative estimate of drug-likeness (QED) is 0.747. The van der Waals surface area contributed by atoms with Crippen LogP contribution in [0.15, 0.2) is 30.5 Å². The first-order valence-electron chi connectivity index (χ1n) is 8.34. The van der Waals surface area contributed by atoms with Gasteiger partial charge in [-0.1, -0.05) is 0 Å². The number of benzene rings is 1. The van der Waals surface area contributed by atoms with Gasteiger partial charge in [-0.15, -0.1) is 0 Å². The van der Waals surface area contributed by atoms with E-state index < -0.39 is 0 Å². The van der Waals surface area contributed by atoms with Crippen molar-refractivity contribution in [1.29, 1.82) is 0 Å². The molecular formula is C18H23N5O2. The summed E-state index contributed by atoms with van der Waals surface area (Å²) in [6, 6.07) is 7.54. The van der Waals surface area contributed by atoms with Crippen molar-refractivity contribution in [3.05, 3.63) is 36.2 Å². The Balaban J connectivity index is 1.66. The maximum atomic E-state index is 12.2. The molecule has 25 heavy (non-hydrogen) atoms. The summed E-state index contributed by atoms with van der Waals surface area (Å²) in [4.78, 5) is 12.2. The van der Waals surface area contributed by atoms with Crippen LogP contribution in [0.25, 0.3) is 11.0 Å². The molecule has 1 N–H and O–H groups in total. The van der Waals surface area contributed by atoms with Crippen LogP contribution in [0.2, 0.25) is 0 Å². The van der Waals surface area contributed by atoms with Crippen LogP contribution < -0.4 is 10.1 Å². The number of hydrogen-bond donors (Lipinski definition) is 1. The normalized spacial score (nSPS) is 11.2. The average Bonchev–Trinajstić information content (AvgIpc) is 3.15. The Bertz CT molecular complexity index is 877. The number of aryl methyl sites for hydroxylation is 2. The third-order valence-corrected chi connectivity index (χ3v) is 4.08. The Hall–Kier alpha value is -2.83. The van der Waals surface area contributed by atoms with Gasteiger partial charge in [-0.25, -0.2) is 0 Å². The molecular weight excluding hydrogens is 318 g/mol. The molecule has 2 aromatic heterocycles. The fourth-order valence-corrected chi connectivity index (χ4v) is 2.85. The van der Waals surface area contributed by atoms with E-state index in [4.69, 9.17) is 4.74 Å². The van der Waals surface area contributed by atoms with Gasteiger partial charge in [0.1, 0.15) is 16.8 Å². The summed E-state index contributed by atoms with van der Waals surface area (Å²) >= 11 is 0. The average molecular weight is 341 g/mol. The second-order valence-corrected chi connectivity index (χ2v) is 6.25. The van der Waals surface area contributed by atoms with Gasteiger partial charge in [-0.3, -0.25) is 14.2 Å². The number of fused-ring (bicyclic) bond motifs is 1. The minimum Gasteiger partial charge on any atom is -0.497 e. The van der Waals surface area contributed by atoms with E-state index in [1.165, 1.54) is 0 Å². The van der Waals surface area contributed by atoms with Crippen molar-refractivity contribution in [1.82, 2.24) is 19.6 Å². The zero-order valence-corrected chi connectivity index (χ0v) is 15.0. The molecule has 0 aliphatic rings. The molecule has 0 saturated heterocycles. The molecule has 0 aliphatic carbocycles. The van der Waals surface area contributed by atoms with E-state index in [1.54, 1.807) is 7.11 Å². The second-order valence-electron chi connectivity index (χ2n) is 6.25. The molecule has 1 amide bonds. The zero-order valence-electron chi connectivity index (χ0n) is 15.0. The number of nitrogens with zero attached hydrogens (tertiary/aromatic N) is 4. The van der Waals surface area contributed by atoms with Crippen LogP contribution in [0.3, 0.4) is 0 Å². The van der Waals surface area contributed by atoms with Crippen LogP contribution in [-0.2, 0) is 11.3 Å². The van der Waals surface area contributed by atoms with Crippen molar-refractivity contribution in [2.45, 2.75) is 39.8 Å². The smallest absolute Gasteiger partial charge is 0.226 e. The summed E-state index contributed by atoms with van der Waals surface area (Å²) in [5, 5.41) is 11.9. The van der Waals surface area contributed by atoms with E-state index >= 15 is 0 Å². The highest BCUT2D eigenvalue weighted by atomic mass is 16.5. The number of anilines is 1. The van der Waals surface area contributed by atoms with E-state index in [9.17, 15) is 4.79 Å². The van der Waals surface area contributed by atoms with Gasteiger partial charge in [0.2, 0.25) is 5.91 Å². The summed E-state index contributed by atoms with van der Waals surface area (Å²) in [7, 11) is 1.61. The second kappa shape index (κ2) is 6.96. The fraction of sp³-hybridized carbons (Fsp3) is 0.389. The molecule has 3 aromatic rings. The number of aromatic nitrogens is 4. The molecule has 0 saturated carbocycles. The molecule has 7 nitrogen and oxygen atoms in total. The van der Waals surface area contributed by atoms with Crippen molar-refractivity contribution in [3.63, 3.8) is 0 Å². The third kappa shape index (κ3) is 3.50. The molecule has 1 aromatic carbocycles. The zero-order chi connectivity index (χ0) is 18.0. The van der Waals surface area contributed by atoms with Gasteiger partial charge >= 0.3 is 0 Å². The minimum absolute atomic E-state index is 0.0530. The lowest BCUT2D eigenvalue weighted by Crippen LogP contribution is -2.15. The molecule has 0 radical (unpaired) electrons. The van der Waals surface area contributed by atoms with Gasteiger partial charge in [-0.05, 0) is 45.0 Å². The number of nitrogens with one attached hydrogen (secondary N) is 1. The van der Waals surface area contributed by atoms with Crippen LogP contribution >= 0.6 is 0 Å². The predicted molar refractivity (Wildman–Crippen MR) is 96.9 cm³/mol. The fourth-order valence-electron chi connectivity index (χ4n) is 2.85. The van der Waals surface area contributed by atoms with Crippen molar-refractivity contribution < 1.29 is 9.53 Å². The molecule has 2 heterocycles. The van der Waals surface area contributed by atoms with Gasteiger partial charge in [-0.2, -0.15) is 10.2 Å². The molecule has 7 heteroatoms. The highest BCUT2D eigenvalue weighted by Crippen LogP contribution is 2.21. The Morgan fingerprint density at radius 1 is 1.28 bits per heavy atom. The Morgan fingerprint density at radius 3 is 2.64 bits per heavy atom. The van der Waals surface area contributed by atoms with E-state index in [0.717, 1.165) is 28.2 Å². The van der Waals surface area contributed by atoms with Crippen LogP contribution in [-0.4, -0.2) is 32.6 Å². The van der Waals surface area contributed by atoms with Crippen LogP contribution in [0.1, 0.15) is 32.0 Å². The van der Waals surface area contributed by atoms with E-state index in [0.29, 0.717) is 13.0 Å². The first-order valence-corrected chi connectivity index (χ1v) is 8.34. The Kier molecular flexibility index (Phi) is 4.74. The number of amides is 1. The number of hydrogen-bond acceptors (Lipinski definition) is 4. The van der Waals surface area contributed by atoms with Crippen molar-refractivity contribution >= 4 is 22.6 Å². The maximum absolute atomic E-state index is 12.2. The van der Waals surface area contributed by atoms with Crippen molar-refractivity contribution in [3.8, 4) is 5.75 Å². The molecule has 0 aliphatic heterocycles. The Morgan fingerprint density at radius 2 is 2.00 bits per heavy atom. The molecule has 132 valence electrons. The van der Waals surface area contributed by atoms with E-state index in [2.05, 4.69) is 29.4 Å². The highest BCUT2D eigenvalue weighted by Gasteiger charge is 2.15. The number of carbonyl (C=O) groups excluding carboxylic acids is 1. The lowest BCUT2D eigenvalue weighted by molar-refractivity contribution is -0.116. The SMILES string of the molecule is COc1ccc(NC(=O)CCn2ncc3c2c(C)nn3C(C)C)cc1. The van der Waals surface area contributed by atoms with Gasteiger partial charge in [0.05, 0.1) is 25.5 Å². The van der Waals surface area contributed by atoms with Gasteiger partial charge in [0.15, 0.2) is 0 Å². The van der Waals surface area contributed by atoms with E-state index in [-0.39, 0.29) is 11.9 Å². The monoisotopic (exact) mass is 341 g/mol. The van der Waals surface area contributed by atoms with Crippen LogP contribution in [0, 0.1) is 6.92 Å². The molecule has 0 fully saturated rings. The van der Waals surface area contributed by atoms with Gasteiger partial charge in [0, 0.05) is 18.2 Å². The lowest BCUT2D eigenvalue weighted by atomic mass is 10.3. The van der Waals surface area contributed by atoms with Crippen LogP contribution in [0.4, 0.5) is 5.69 Å². The summed E-state index contributed by atoms with van der Waals surface area (Å²) in [6.45, 7) is 6.66. The third-order valence-electron chi connectivity index (χ3n) is 4.08. The topological polar surface area (TPSA) is 74.0 Å². The van der Waals surface area contributed by atoms with E-state index in [1.807, 2.05) is 46.7 Å². The van der Waals surface area contributed by atoms with Crippen molar-refractivity contribution in [2.24, 2.45) is 0 Å². The van der Waals surface area contributed by atoms with Gasteiger partial charge < -0.3 is 10.1 Å². The molecule has 0 spiro atoms. The Labute approximate surface area is 146 Å². The number of ether oxygens (including phenoxy) is 1.